The van der Waals surface area contributed by atoms with Gasteiger partial charge in [-0.1, -0.05) is 29.5 Å². The molecule has 0 atom stereocenters. The molecule has 3 aromatic rings. The zero-order valence-electron chi connectivity index (χ0n) is 14.0. The zero-order valence-corrected chi connectivity index (χ0v) is 14.8. The molecule has 6 nitrogen and oxygen atoms in total. The van der Waals surface area contributed by atoms with E-state index in [1.54, 1.807) is 24.3 Å². The average molecular weight is 365 g/mol. The van der Waals surface area contributed by atoms with Gasteiger partial charge >= 0.3 is 0 Å². The highest BCUT2D eigenvalue weighted by atomic mass is 32.1. The third kappa shape index (κ3) is 2.76. The fourth-order valence-corrected chi connectivity index (χ4v) is 4.00. The molecule has 0 radical (unpaired) electrons. The summed E-state index contributed by atoms with van der Waals surface area (Å²) in [5.41, 5.74) is 1.76. The first-order valence-corrected chi connectivity index (χ1v) is 8.96. The molecular weight excluding hydrogens is 350 g/mol. The molecule has 1 fully saturated rings. The number of carbonyl (C=O) groups is 3. The highest BCUT2D eigenvalue weighted by molar-refractivity contribution is 7.16. The van der Waals surface area contributed by atoms with Crippen LogP contribution >= 0.6 is 11.3 Å². The van der Waals surface area contributed by atoms with E-state index in [4.69, 9.17) is 0 Å². The van der Waals surface area contributed by atoms with Crippen LogP contribution in [0, 0.1) is 0 Å². The Balaban J connectivity index is 1.72. The van der Waals surface area contributed by atoms with Gasteiger partial charge in [0.15, 0.2) is 4.80 Å². The van der Waals surface area contributed by atoms with Gasteiger partial charge in [-0.25, -0.2) is 0 Å². The largest absolute Gasteiger partial charge is 0.319 e. The van der Waals surface area contributed by atoms with Crippen LogP contribution in [0.3, 0.4) is 0 Å². The Kier molecular flexibility index (Phi) is 4.00. The molecule has 7 heteroatoms. The van der Waals surface area contributed by atoms with Crippen LogP contribution in [-0.4, -0.2) is 22.3 Å². The SMILES string of the molecule is Cn1c(=NC(=O)c2cccc(N3C(=O)CCC3=O)c2)sc2ccccc21. The fourth-order valence-electron chi connectivity index (χ4n) is 2.98. The van der Waals surface area contributed by atoms with Gasteiger partial charge < -0.3 is 4.57 Å². The van der Waals surface area contributed by atoms with E-state index in [9.17, 15) is 14.4 Å². The maximum atomic E-state index is 12.6. The molecule has 1 aliphatic rings. The van der Waals surface area contributed by atoms with Crippen LogP contribution in [0.2, 0.25) is 0 Å². The summed E-state index contributed by atoms with van der Waals surface area (Å²) >= 11 is 1.43. The van der Waals surface area contributed by atoms with Crippen molar-refractivity contribution in [3.05, 3.63) is 58.9 Å². The molecule has 0 unspecified atom stereocenters. The molecule has 0 aliphatic carbocycles. The van der Waals surface area contributed by atoms with Crippen molar-refractivity contribution in [1.82, 2.24) is 4.57 Å². The van der Waals surface area contributed by atoms with Crippen LogP contribution in [0.15, 0.2) is 53.5 Å². The number of rotatable bonds is 2. The number of hydrogen-bond donors (Lipinski definition) is 0. The van der Waals surface area contributed by atoms with E-state index < -0.39 is 5.91 Å². The molecule has 130 valence electrons. The number of carbonyl (C=O) groups excluding carboxylic acids is 3. The molecule has 3 amide bonds. The van der Waals surface area contributed by atoms with Crippen molar-refractivity contribution in [2.24, 2.45) is 12.0 Å². The number of aromatic nitrogens is 1. The van der Waals surface area contributed by atoms with E-state index >= 15 is 0 Å². The van der Waals surface area contributed by atoms with Crippen molar-refractivity contribution in [2.45, 2.75) is 12.8 Å². The van der Waals surface area contributed by atoms with E-state index in [-0.39, 0.29) is 24.7 Å². The normalized spacial score (nSPS) is 15.3. The molecule has 0 bridgehead atoms. The summed E-state index contributed by atoms with van der Waals surface area (Å²) in [4.78, 5) is 42.4. The van der Waals surface area contributed by atoms with Gasteiger partial charge in [0.25, 0.3) is 5.91 Å². The molecule has 1 saturated heterocycles. The zero-order chi connectivity index (χ0) is 18.3. The van der Waals surface area contributed by atoms with Gasteiger partial charge in [0.2, 0.25) is 11.8 Å². The fraction of sp³-hybridized carbons (Fsp3) is 0.158. The molecule has 26 heavy (non-hydrogen) atoms. The number of anilines is 1. The van der Waals surface area contributed by atoms with Crippen LogP contribution in [0.25, 0.3) is 10.2 Å². The lowest BCUT2D eigenvalue weighted by Gasteiger charge is -2.14. The minimum absolute atomic E-state index is 0.207. The molecular formula is C19H15N3O3S. The predicted molar refractivity (Wildman–Crippen MR) is 98.9 cm³/mol. The average Bonchev–Trinajstić information content (AvgIpc) is 3.15. The van der Waals surface area contributed by atoms with E-state index in [1.165, 1.54) is 11.3 Å². The number of benzene rings is 2. The lowest BCUT2D eigenvalue weighted by Crippen LogP contribution is -2.28. The Morgan fingerprint density at radius 3 is 2.50 bits per heavy atom. The highest BCUT2D eigenvalue weighted by Crippen LogP contribution is 2.23. The molecule has 2 heterocycles. The maximum Gasteiger partial charge on any atom is 0.279 e. The van der Waals surface area contributed by atoms with Gasteiger partial charge in [-0.05, 0) is 30.3 Å². The summed E-state index contributed by atoms with van der Waals surface area (Å²) in [5.74, 6) is -0.895. The monoisotopic (exact) mass is 365 g/mol. The predicted octanol–water partition coefficient (Wildman–Crippen LogP) is 2.63. The van der Waals surface area contributed by atoms with Crippen molar-refractivity contribution in [3.63, 3.8) is 0 Å². The first kappa shape index (κ1) is 16.4. The number of hydrogen-bond acceptors (Lipinski definition) is 4. The minimum Gasteiger partial charge on any atom is -0.319 e. The number of nitrogens with zero attached hydrogens (tertiary/aromatic N) is 3. The number of para-hydroxylation sites is 1. The second-order valence-corrected chi connectivity index (χ2v) is 7.01. The number of amides is 3. The van der Waals surface area contributed by atoms with Crippen molar-refractivity contribution in [1.29, 1.82) is 0 Å². The second kappa shape index (κ2) is 6.34. The topological polar surface area (TPSA) is 71.7 Å². The summed E-state index contributed by atoms with van der Waals surface area (Å²) in [6, 6.07) is 14.3. The van der Waals surface area contributed by atoms with Crippen LogP contribution in [0.4, 0.5) is 5.69 Å². The Bertz CT molecular complexity index is 1110. The summed E-state index contributed by atoms with van der Waals surface area (Å²) < 4.78 is 2.92. The molecule has 2 aromatic carbocycles. The molecule has 4 rings (SSSR count). The molecule has 1 aliphatic heterocycles. The van der Waals surface area contributed by atoms with Crippen LogP contribution in [-0.2, 0) is 16.6 Å². The Morgan fingerprint density at radius 2 is 1.77 bits per heavy atom. The number of imide groups is 1. The van der Waals surface area contributed by atoms with Crippen LogP contribution < -0.4 is 9.70 Å². The number of aryl methyl sites for hydroxylation is 1. The van der Waals surface area contributed by atoms with Gasteiger partial charge in [-0.2, -0.15) is 4.99 Å². The van der Waals surface area contributed by atoms with Gasteiger partial charge in [0, 0.05) is 25.5 Å². The van der Waals surface area contributed by atoms with Gasteiger partial charge in [0.1, 0.15) is 0 Å². The van der Waals surface area contributed by atoms with Gasteiger partial charge in [-0.15, -0.1) is 0 Å². The second-order valence-electron chi connectivity index (χ2n) is 6.00. The van der Waals surface area contributed by atoms with Crippen molar-refractivity contribution in [3.8, 4) is 0 Å². The first-order chi connectivity index (χ1) is 12.5. The third-order valence-corrected chi connectivity index (χ3v) is 5.43. The third-order valence-electron chi connectivity index (χ3n) is 4.31. The van der Waals surface area contributed by atoms with E-state index in [0.717, 1.165) is 15.1 Å². The molecule has 1 aromatic heterocycles. The maximum absolute atomic E-state index is 12.6. The van der Waals surface area contributed by atoms with Crippen LogP contribution in [0.5, 0.6) is 0 Å². The summed E-state index contributed by atoms with van der Waals surface area (Å²) in [7, 11) is 1.86. The summed E-state index contributed by atoms with van der Waals surface area (Å²) in [6.45, 7) is 0. The highest BCUT2D eigenvalue weighted by Gasteiger charge is 2.30. The smallest absolute Gasteiger partial charge is 0.279 e. The number of thiazole rings is 1. The van der Waals surface area contributed by atoms with Crippen molar-refractivity contribution in [2.75, 3.05) is 4.90 Å². The van der Waals surface area contributed by atoms with Gasteiger partial charge in [0.05, 0.1) is 15.9 Å². The molecule has 0 saturated carbocycles. The lowest BCUT2D eigenvalue weighted by atomic mass is 10.2. The standard InChI is InChI=1S/C19H15N3O3S/c1-21-14-7-2-3-8-15(14)26-19(21)20-18(25)12-5-4-6-13(11-12)22-16(23)9-10-17(22)24/h2-8,11H,9-10H2,1H3. The minimum atomic E-state index is -0.409. The van der Waals surface area contributed by atoms with Crippen molar-refractivity contribution >= 4 is 45.0 Å². The van der Waals surface area contributed by atoms with E-state index in [2.05, 4.69) is 4.99 Å². The quantitative estimate of drug-likeness (QED) is 0.656. The lowest BCUT2D eigenvalue weighted by molar-refractivity contribution is -0.121. The Labute approximate surface area is 153 Å². The first-order valence-electron chi connectivity index (χ1n) is 8.14. The van der Waals surface area contributed by atoms with Crippen LogP contribution in [0.1, 0.15) is 23.2 Å². The summed E-state index contributed by atoms with van der Waals surface area (Å²) in [5, 5.41) is 0. The molecule has 0 spiro atoms. The van der Waals surface area contributed by atoms with E-state index in [0.29, 0.717) is 16.1 Å². The molecule has 0 N–H and O–H groups in total. The van der Waals surface area contributed by atoms with Gasteiger partial charge in [-0.3, -0.25) is 19.3 Å². The van der Waals surface area contributed by atoms with Crippen molar-refractivity contribution < 1.29 is 14.4 Å². The Hall–Kier alpha value is -3.06. The number of fused-ring (bicyclic) bond motifs is 1. The summed E-state index contributed by atoms with van der Waals surface area (Å²) in [6.07, 6.45) is 0.415. The van der Waals surface area contributed by atoms with E-state index in [1.807, 2.05) is 35.9 Å². The Morgan fingerprint density at radius 1 is 1.04 bits per heavy atom.